The smallest absolute Gasteiger partial charge is 0.374 e. The zero-order valence-electron chi connectivity index (χ0n) is 17.3. The average molecular weight is 397 g/mol. The van der Waals surface area contributed by atoms with Crippen molar-refractivity contribution in [1.82, 2.24) is 0 Å². The Balaban J connectivity index is 5.52. The Morgan fingerprint density at radius 3 is 1.73 bits per heavy atom. The van der Waals surface area contributed by atoms with Crippen molar-refractivity contribution in [2.45, 2.75) is 64.1 Å². The first kappa shape index (κ1) is 25.9. The molecule has 0 heterocycles. The number of rotatable bonds is 18. The van der Waals surface area contributed by atoms with Crippen molar-refractivity contribution < 1.29 is 27.5 Å². The largest absolute Gasteiger partial charge is 0.501 e. The van der Waals surface area contributed by atoms with Crippen molar-refractivity contribution in [3.05, 3.63) is 0 Å². The first-order chi connectivity index (χ1) is 12.5. The molecule has 0 aliphatic heterocycles. The molecule has 4 N–H and O–H groups in total. The summed E-state index contributed by atoms with van der Waals surface area (Å²) in [4.78, 5) is 0. The van der Waals surface area contributed by atoms with Gasteiger partial charge in [-0.25, -0.2) is 0 Å². The molecule has 0 aromatic rings. The molecule has 1 atom stereocenters. The molecule has 0 amide bonds. The van der Waals surface area contributed by atoms with Crippen LogP contribution in [0.25, 0.3) is 0 Å². The normalized spacial score (nSPS) is 14.0. The Kier molecular flexibility index (Phi) is 14.8. The summed E-state index contributed by atoms with van der Waals surface area (Å²) in [5, 5.41) is 0. The summed E-state index contributed by atoms with van der Waals surface area (Å²) in [6, 6.07) is 0.687. The highest BCUT2D eigenvalue weighted by Gasteiger charge is 2.50. The van der Waals surface area contributed by atoms with Crippen LogP contribution < -0.4 is 11.5 Å². The summed E-state index contributed by atoms with van der Waals surface area (Å²) in [5.41, 5.74) is 11.3. The van der Waals surface area contributed by atoms with Crippen LogP contribution in [0.3, 0.4) is 0 Å². The van der Waals surface area contributed by atoms with E-state index < -0.39 is 20.9 Å². The summed E-state index contributed by atoms with van der Waals surface area (Å²) in [5.74, 6) is -1.32. The molecule has 26 heavy (non-hydrogen) atoms. The van der Waals surface area contributed by atoms with E-state index in [9.17, 15) is 0 Å². The van der Waals surface area contributed by atoms with Crippen molar-refractivity contribution >= 4 is 8.80 Å². The first-order valence-corrected chi connectivity index (χ1v) is 11.5. The second kappa shape index (κ2) is 14.9. The second-order valence-electron chi connectivity index (χ2n) is 5.90. The fraction of sp³-hybridized carbons (Fsp3) is 1.00. The molecular formula is C17H40N2O6Si. The quantitative estimate of drug-likeness (QED) is 0.205. The topological polar surface area (TPSA) is 107 Å². The van der Waals surface area contributed by atoms with E-state index >= 15 is 0 Å². The van der Waals surface area contributed by atoms with E-state index in [0.29, 0.717) is 38.8 Å². The molecular weight excluding hydrogens is 356 g/mol. The number of hydrogen-bond acceptors (Lipinski definition) is 8. The van der Waals surface area contributed by atoms with Crippen LogP contribution in [0.4, 0.5) is 0 Å². The minimum absolute atomic E-state index is 0.503. The van der Waals surface area contributed by atoms with Gasteiger partial charge in [-0.05, 0) is 59.0 Å². The number of methoxy groups -OCH3 is 3. The highest BCUT2D eigenvalue weighted by molar-refractivity contribution is 6.60. The Morgan fingerprint density at radius 1 is 0.808 bits per heavy atom. The lowest BCUT2D eigenvalue weighted by Crippen LogP contribution is -2.57. The van der Waals surface area contributed by atoms with Gasteiger partial charge in [-0.2, -0.15) is 0 Å². The van der Waals surface area contributed by atoms with E-state index in [1.807, 2.05) is 13.8 Å². The molecule has 0 spiro atoms. The van der Waals surface area contributed by atoms with Crippen molar-refractivity contribution in [2.24, 2.45) is 11.5 Å². The molecule has 8 nitrogen and oxygen atoms in total. The average Bonchev–Trinajstić information content (AvgIpc) is 2.64. The number of ether oxygens (including phenoxy) is 3. The summed E-state index contributed by atoms with van der Waals surface area (Å²) in [7, 11) is 1.66. The highest BCUT2D eigenvalue weighted by Crippen LogP contribution is 2.31. The Hall–Kier alpha value is -0.103. The Morgan fingerprint density at radius 2 is 1.31 bits per heavy atom. The fourth-order valence-electron chi connectivity index (χ4n) is 2.88. The third kappa shape index (κ3) is 8.28. The summed E-state index contributed by atoms with van der Waals surface area (Å²) in [6.07, 6.45) is 3.64. The Bertz CT molecular complexity index is 320. The molecule has 1 unspecified atom stereocenters. The highest BCUT2D eigenvalue weighted by atomic mass is 28.4. The van der Waals surface area contributed by atoms with Gasteiger partial charge in [0.15, 0.2) is 0 Å². The van der Waals surface area contributed by atoms with Crippen LogP contribution in [0.15, 0.2) is 0 Å². The molecule has 0 fully saturated rings. The predicted octanol–water partition coefficient (Wildman–Crippen LogP) is 1.84. The predicted molar refractivity (Wildman–Crippen MR) is 104 cm³/mol. The second-order valence-corrected chi connectivity index (χ2v) is 8.58. The molecule has 0 saturated carbocycles. The van der Waals surface area contributed by atoms with Gasteiger partial charge in [-0.1, -0.05) is 0 Å². The minimum atomic E-state index is -2.94. The van der Waals surface area contributed by atoms with E-state index in [4.69, 9.17) is 39.0 Å². The molecule has 158 valence electrons. The maximum atomic E-state index is 6.49. The molecule has 0 aliphatic carbocycles. The summed E-state index contributed by atoms with van der Waals surface area (Å²) in [6.45, 7) is 6.12. The van der Waals surface area contributed by atoms with Crippen molar-refractivity contribution in [1.29, 1.82) is 0 Å². The molecule has 0 bridgehead atoms. The van der Waals surface area contributed by atoms with Crippen LogP contribution in [0.5, 0.6) is 0 Å². The van der Waals surface area contributed by atoms with Gasteiger partial charge in [0.05, 0.1) is 0 Å². The van der Waals surface area contributed by atoms with Crippen LogP contribution in [-0.2, 0) is 27.5 Å². The van der Waals surface area contributed by atoms with Crippen LogP contribution in [0, 0.1) is 0 Å². The van der Waals surface area contributed by atoms with Crippen LogP contribution >= 0.6 is 0 Å². The maximum Gasteiger partial charge on any atom is 0.501 e. The van der Waals surface area contributed by atoms with E-state index in [1.54, 1.807) is 0 Å². The lowest BCUT2D eigenvalue weighted by molar-refractivity contribution is -0.388. The van der Waals surface area contributed by atoms with Gasteiger partial charge in [-0.15, -0.1) is 0 Å². The molecule has 0 radical (unpaired) electrons. The molecule has 0 aromatic carbocycles. The lowest BCUT2D eigenvalue weighted by Gasteiger charge is -2.40. The van der Waals surface area contributed by atoms with Gasteiger partial charge in [0.25, 0.3) is 0 Å². The van der Waals surface area contributed by atoms with Gasteiger partial charge >= 0.3 is 14.8 Å². The van der Waals surface area contributed by atoms with E-state index in [1.165, 1.54) is 21.3 Å². The van der Waals surface area contributed by atoms with E-state index in [2.05, 4.69) is 0 Å². The molecule has 0 aromatic heterocycles. The SMILES string of the molecule is CCO[Si](CCCCN)(OCC)OC(CCCCN)C(OC)(OC)OC. The van der Waals surface area contributed by atoms with Crippen molar-refractivity contribution in [3.63, 3.8) is 0 Å². The number of unbranched alkanes of at least 4 members (excludes halogenated alkanes) is 2. The van der Waals surface area contributed by atoms with Crippen molar-refractivity contribution in [2.75, 3.05) is 47.6 Å². The number of hydrogen-bond donors (Lipinski definition) is 2. The van der Waals surface area contributed by atoms with Crippen molar-refractivity contribution in [3.8, 4) is 0 Å². The van der Waals surface area contributed by atoms with Crippen LogP contribution in [0.2, 0.25) is 6.04 Å². The molecule has 0 rings (SSSR count). The van der Waals surface area contributed by atoms with Gasteiger partial charge in [0, 0.05) is 40.6 Å². The third-order valence-electron chi connectivity index (χ3n) is 4.16. The first-order valence-electron chi connectivity index (χ1n) is 9.54. The van der Waals surface area contributed by atoms with Crippen LogP contribution in [-0.4, -0.2) is 68.5 Å². The standard InChI is InChI=1S/C17H40N2O6Si/c1-6-23-26(24-7-2,15-11-10-14-19)25-16(12-8-9-13-18)17(20-3,21-4)22-5/h16H,6-15,18-19H2,1-5H3. The zero-order valence-corrected chi connectivity index (χ0v) is 18.3. The van der Waals surface area contributed by atoms with Gasteiger partial charge in [-0.3, -0.25) is 0 Å². The fourth-order valence-corrected chi connectivity index (χ4v) is 5.77. The zero-order chi connectivity index (χ0) is 19.9. The van der Waals surface area contributed by atoms with E-state index in [0.717, 1.165) is 25.7 Å². The lowest BCUT2D eigenvalue weighted by atomic mass is 10.1. The monoisotopic (exact) mass is 396 g/mol. The molecule has 0 saturated heterocycles. The Labute approximate surface area is 160 Å². The van der Waals surface area contributed by atoms with Gasteiger partial charge < -0.3 is 39.0 Å². The molecule has 0 aliphatic rings. The van der Waals surface area contributed by atoms with Crippen LogP contribution in [0.1, 0.15) is 46.0 Å². The summed E-state index contributed by atoms with van der Waals surface area (Å²) >= 11 is 0. The third-order valence-corrected chi connectivity index (χ3v) is 7.22. The van der Waals surface area contributed by atoms with E-state index in [-0.39, 0.29) is 0 Å². The van der Waals surface area contributed by atoms with Gasteiger partial charge in [0.2, 0.25) is 0 Å². The molecule has 9 heteroatoms. The minimum Gasteiger partial charge on any atom is -0.374 e. The number of nitrogens with two attached hydrogens (primary N) is 2. The maximum absolute atomic E-state index is 6.49. The van der Waals surface area contributed by atoms with Gasteiger partial charge in [0.1, 0.15) is 6.10 Å². The summed E-state index contributed by atoms with van der Waals surface area (Å²) < 4.78 is 35.2.